The molecule has 1 aromatic heterocycles. The number of fused-ring (bicyclic) bond motifs is 1. The van der Waals surface area contributed by atoms with Crippen molar-refractivity contribution >= 4 is 17.6 Å². The van der Waals surface area contributed by atoms with E-state index in [-0.39, 0.29) is 0 Å². The van der Waals surface area contributed by atoms with Gasteiger partial charge in [-0.2, -0.15) is 0 Å². The third-order valence-corrected chi connectivity index (χ3v) is 3.75. The second kappa shape index (κ2) is 6.47. The Morgan fingerprint density at radius 1 is 1.27 bits per heavy atom. The zero-order valence-electron chi connectivity index (χ0n) is 12.6. The predicted molar refractivity (Wildman–Crippen MR) is 86.1 cm³/mol. The number of aromatic nitrogens is 1. The summed E-state index contributed by atoms with van der Waals surface area (Å²) < 4.78 is 4.83. The number of pyridine rings is 1. The molecule has 2 aromatic rings. The number of hydrogen-bond acceptors (Lipinski definition) is 4. The van der Waals surface area contributed by atoms with Crippen molar-refractivity contribution in [3.8, 4) is 0 Å². The van der Waals surface area contributed by atoms with Gasteiger partial charge in [0.05, 0.1) is 18.5 Å². The van der Waals surface area contributed by atoms with E-state index in [9.17, 15) is 4.79 Å². The smallest absolute Gasteiger partial charge is 0.412 e. The second-order valence-electron chi connectivity index (χ2n) is 5.19. The molecule has 5 heteroatoms. The molecule has 0 spiro atoms. The molecule has 1 N–H and O–H groups in total. The Kier molecular flexibility index (Phi) is 4.23. The minimum Gasteiger partial charge on any atom is -0.450 e. The Balaban J connectivity index is 1.68. The summed E-state index contributed by atoms with van der Waals surface area (Å²) in [5, 5.41) is 2.60. The lowest BCUT2D eigenvalue weighted by Gasteiger charge is -2.30. The van der Waals surface area contributed by atoms with Crippen molar-refractivity contribution < 1.29 is 9.53 Å². The van der Waals surface area contributed by atoms with Gasteiger partial charge in [0.1, 0.15) is 5.82 Å². The molecule has 0 saturated heterocycles. The molecule has 0 bridgehead atoms. The first-order chi connectivity index (χ1) is 10.8. The first kappa shape index (κ1) is 14.4. The quantitative estimate of drug-likeness (QED) is 0.945. The number of nitrogens with zero attached hydrogens (tertiary/aromatic N) is 2. The maximum atomic E-state index is 11.4. The van der Waals surface area contributed by atoms with Gasteiger partial charge in [-0.3, -0.25) is 5.32 Å². The van der Waals surface area contributed by atoms with Crippen LogP contribution in [0.15, 0.2) is 42.6 Å². The average molecular weight is 297 g/mol. The van der Waals surface area contributed by atoms with E-state index in [0.717, 1.165) is 25.2 Å². The minimum absolute atomic E-state index is 0.344. The molecule has 0 fully saturated rings. The summed E-state index contributed by atoms with van der Waals surface area (Å²) in [5.41, 5.74) is 3.85. The number of rotatable bonds is 3. The first-order valence-electron chi connectivity index (χ1n) is 7.48. The van der Waals surface area contributed by atoms with Gasteiger partial charge >= 0.3 is 6.09 Å². The molecule has 0 atom stereocenters. The third kappa shape index (κ3) is 3.19. The van der Waals surface area contributed by atoms with Crippen LogP contribution in [0.4, 0.5) is 16.3 Å². The number of hydrogen-bond donors (Lipinski definition) is 1. The summed E-state index contributed by atoms with van der Waals surface area (Å²) in [6.07, 6.45) is 2.35. The topological polar surface area (TPSA) is 54.5 Å². The standard InChI is InChI=1S/C17H19N3O2/c1-2-22-17(21)19-16-8-7-15(11-18-16)20-10-9-13-5-3-4-6-14(13)12-20/h3-8,11H,2,9-10,12H2,1H3,(H,18,19,21). The largest absolute Gasteiger partial charge is 0.450 e. The van der Waals surface area contributed by atoms with Crippen LogP contribution in [0.1, 0.15) is 18.1 Å². The maximum Gasteiger partial charge on any atom is 0.412 e. The van der Waals surface area contributed by atoms with Crippen LogP contribution in [-0.2, 0) is 17.7 Å². The normalized spacial score (nSPS) is 13.4. The number of amides is 1. The molecule has 3 rings (SSSR count). The Bertz CT molecular complexity index is 655. The van der Waals surface area contributed by atoms with E-state index in [1.807, 2.05) is 6.07 Å². The SMILES string of the molecule is CCOC(=O)Nc1ccc(N2CCc3ccccc3C2)cn1. The fraction of sp³-hybridized carbons (Fsp3) is 0.294. The average Bonchev–Trinajstić information content (AvgIpc) is 2.55. The highest BCUT2D eigenvalue weighted by Crippen LogP contribution is 2.24. The van der Waals surface area contributed by atoms with Crippen LogP contribution in [0, 0.1) is 0 Å². The number of benzene rings is 1. The second-order valence-corrected chi connectivity index (χ2v) is 5.19. The van der Waals surface area contributed by atoms with Crippen LogP contribution in [0.3, 0.4) is 0 Å². The molecule has 5 nitrogen and oxygen atoms in total. The molecule has 2 heterocycles. The van der Waals surface area contributed by atoms with Gasteiger partial charge in [-0.05, 0) is 36.6 Å². The monoisotopic (exact) mass is 297 g/mol. The fourth-order valence-corrected chi connectivity index (χ4v) is 2.63. The van der Waals surface area contributed by atoms with Crippen LogP contribution in [0.25, 0.3) is 0 Å². The van der Waals surface area contributed by atoms with Gasteiger partial charge in [-0.25, -0.2) is 9.78 Å². The summed E-state index contributed by atoms with van der Waals surface area (Å²) in [5.74, 6) is 0.500. The molecule has 1 amide bonds. The summed E-state index contributed by atoms with van der Waals surface area (Å²) >= 11 is 0. The Morgan fingerprint density at radius 2 is 2.09 bits per heavy atom. The van der Waals surface area contributed by atoms with Gasteiger partial charge in [-0.15, -0.1) is 0 Å². The van der Waals surface area contributed by atoms with Crippen molar-refractivity contribution in [2.75, 3.05) is 23.4 Å². The molecule has 0 saturated carbocycles. The molecule has 1 aliphatic rings. The molecular formula is C17H19N3O2. The Hall–Kier alpha value is -2.56. The van der Waals surface area contributed by atoms with E-state index < -0.39 is 6.09 Å². The van der Waals surface area contributed by atoms with Crippen LogP contribution in [-0.4, -0.2) is 24.2 Å². The number of carbonyl (C=O) groups is 1. The fourth-order valence-electron chi connectivity index (χ4n) is 2.63. The van der Waals surface area contributed by atoms with E-state index in [1.54, 1.807) is 19.2 Å². The van der Waals surface area contributed by atoms with E-state index in [4.69, 9.17) is 4.74 Å². The lowest BCUT2D eigenvalue weighted by molar-refractivity contribution is 0.168. The highest BCUT2D eigenvalue weighted by Gasteiger charge is 2.16. The van der Waals surface area contributed by atoms with Crippen molar-refractivity contribution in [3.63, 3.8) is 0 Å². The van der Waals surface area contributed by atoms with E-state index >= 15 is 0 Å². The molecule has 0 radical (unpaired) electrons. The zero-order chi connectivity index (χ0) is 15.4. The molecule has 0 unspecified atom stereocenters. The highest BCUT2D eigenvalue weighted by molar-refractivity contribution is 5.83. The van der Waals surface area contributed by atoms with E-state index in [1.165, 1.54) is 11.1 Å². The molecule has 1 aliphatic heterocycles. The van der Waals surface area contributed by atoms with E-state index in [2.05, 4.69) is 39.5 Å². The Labute approximate surface area is 129 Å². The van der Waals surface area contributed by atoms with Gasteiger partial charge < -0.3 is 9.64 Å². The summed E-state index contributed by atoms with van der Waals surface area (Å²) in [6.45, 7) is 3.98. The number of nitrogens with one attached hydrogen (secondary N) is 1. The zero-order valence-corrected chi connectivity index (χ0v) is 12.6. The molecule has 114 valence electrons. The van der Waals surface area contributed by atoms with Crippen molar-refractivity contribution in [3.05, 3.63) is 53.7 Å². The summed E-state index contributed by atoms with van der Waals surface area (Å²) in [7, 11) is 0. The van der Waals surface area contributed by atoms with Crippen molar-refractivity contribution in [2.45, 2.75) is 19.9 Å². The van der Waals surface area contributed by atoms with Gasteiger partial charge in [0, 0.05) is 13.1 Å². The number of ether oxygens (including phenoxy) is 1. The van der Waals surface area contributed by atoms with Gasteiger partial charge in [0.25, 0.3) is 0 Å². The van der Waals surface area contributed by atoms with Crippen LogP contribution < -0.4 is 10.2 Å². The van der Waals surface area contributed by atoms with Gasteiger partial charge in [0.2, 0.25) is 0 Å². The molecule has 1 aromatic carbocycles. The van der Waals surface area contributed by atoms with Crippen molar-refractivity contribution in [2.24, 2.45) is 0 Å². The van der Waals surface area contributed by atoms with Crippen LogP contribution in [0.2, 0.25) is 0 Å². The molecular weight excluding hydrogens is 278 g/mol. The lowest BCUT2D eigenvalue weighted by atomic mass is 10.00. The number of anilines is 2. The lowest BCUT2D eigenvalue weighted by Crippen LogP contribution is -2.30. The van der Waals surface area contributed by atoms with Gasteiger partial charge in [-0.1, -0.05) is 24.3 Å². The number of carbonyl (C=O) groups excluding carboxylic acids is 1. The highest BCUT2D eigenvalue weighted by atomic mass is 16.5. The third-order valence-electron chi connectivity index (χ3n) is 3.75. The Morgan fingerprint density at radius 3 is 2.82 bits per heavy atom. The summed E-state index contributed by atoms with van der Waals surface area (Å²) in [6, 6.07) is 12.3. The summed E-state index contributed by atoms with van der Waals surface area (Å²) in [4.78, 5) is 17.9. The first-order valence-corrected chi connectivity index (χ1v) is 7.48. The maximum absolute atomic E-state index is 11.4. The minimum atomic E-state index is -0.477. The van der Waals surface area contributed by atoms with Crippen molar-refractivity contribution in [1.82, 2.24) is 4.98 Å². The van der Waals surface area contributed by atoms with Crippen LogP contribution >= 0.6 is 0 Å². The molecule has 0 aliphatic carbocycles. The predicted octanol–water partition coefficient (Wildman–Crippen LogP) is 3.21. The molecule has 22 heavy (non-hydrogen) atoms. The van der Waals surface area contributed by atoms with E-state index in [0.29, 0.717) is 12.4 Å². The van der Waals surface area contributed by atoms with Gasteiger partial charge in [0.15, 0.2) is 0 Å². The van der Waals surface area contributed by atoms with Crippen molar-refractivity contribution in [1.29, 1.82) is 0 Å². The van der Waals surface area contributed by atoms with Crippen LogP contribution in [0.5, 0.6) is 0 Å².